The Bertz CT molecular complexity index is 1620. The van der Waals surface area contributed by atoms with Gasteiger partial charge in [0.1, 0.15) is 12.6 Å². The van der Waals surface area contributed by atoms with Crippen LogP contribution in [-0.4, -0.2) is 44.8 Å². The van der Waals surface area contributed by atoms with Gasteiger partial charge in [-0.05, 0) is 53.8 Å². The second kappa shape index (κ2) is 14.2. The van der Waals surface area contributed by atoms with Crippen molar-refractivity contribution in [2.24, 2.45) is 0 Å². The number of carbonyl (C=O) groups is 2. The van der Waals surface area contributed by atoms with Gasteiger partial charge in [-0.25, -0.2) is 8.42 Å². The van der Waals surface area contributed by atoms with E-state index in [1.54, 1.807) is 30.3 Å². The third-order valence-electron chi connectivity index (χ3n) is 7.41. The first-order valence-electron chi connectivity index (χ1n) is 14.4. The number of aryl methyl sites for hydroxylation is 1. The first-order chi connectivity index (χ1) is 20.6. The Labute approximate surface area is 255 Å². The second-order valence-electron chi connectivity index (χ2n) is 10.9. The van der Waals surface area contributed by atoms with Crippen LogP contribution in [0.5, 0.6) is 0 Å². The van der Waals surface area contributed by atoms with E-state index in [1.807, 2.05) is 73.7 Å². The summed E-state index contributed by atoms with van der Waals surface area (Å²) >= 11 is 0. The zero-order valence-electron chi connectivity index (χ0n) is 25.1. The molecule has 0 saturated heterocycles. The van der Waals surface area contributed by atoms with Crippen LogP contribution in [-0.2, 0) is 32.6 Å². The van der Waals surface area contributed by atoms with E-state index in [0.717, 1.165) is 26.6 Å². The molecule has 4 rings (SSSR count). The molecule has 0 aliphatic carbocycles. The molecule has 4 aromatic rings. The lowest BCUT2D eigenvalue weighted by Crippen LogP contribution is -2.53. The number of nitrogens with one attached hydrogen (secondary N) is 1. The zero-order valence-corrected chi connectivity index (χ0v) is 25.9. The Balaban J connectivity index is 1.79. The van der Waals surface area contributed by atoms with E-state index in [2.05, 4.69) is 19.2 Å². The Morgan fingerprint density at radius 2 is 1.40 bits per heavy atom. The highest BCUT2D eigenvalue weighted by Crippen LogP contribution is 2.27. The highest BCUT2D eigenvalue weighted by molar-refractivity contribution is 7.92. The third-order valence-corrected chi connectivity index (χ3v) is 9.20. The highest BCUT2D eigenvalue weighted by atomic mass is 32.2. The van der Waals surface area contributed by atoms with Gasteiger partial charge in [0.25, 0.3) is 10.0 Å². The predicted molar refractivity (Wildman–Crippen MR) is 171 cm³/mol. The number of carbonyl (C=O) groups excluding carboxylic acids is 2. The van der Waals surface area contributed by atoms with Gasteiger partial charge in [0, 0.05) is 20.0 Å². The molecule has 8 heteroatoms. The summed E-state index contributed by atoms with van der Waals surface area (Å²) in [6.07, 6.45) is 0.270. The summed E-state index contributed by atoms with van der Waals surface area (Å²) in [6, 6.07) is 31.7. The van der Waals surface area contributed by atoms with Crippen LogP contribution >= 0.6 is 0 Å². The van der Waals surface area contributed by atoms with Gasteiger partial charge in [-0.15, -0.1) is 0 Å². The van der Waals surface area contributed by atoms with Gasteiger partial charge in [0.05, 0.1) is 10.6 Å². The van der Waals surface area contributed by atoms with Crippen LogP contribution in [0.1, 0.15) is 42.0 Å². The lowest BCUT2D eigenvalue weighted by Gasteiger charge is -2.33. The van der Waals surface area contributed by atoms with E-state index in [1.165, 1.54) is 24.1 Å². The maximum atomic E-state index is 14.4. The van der Waals surface area contributed by atoms with Gasteiger partial charge in [0.15, 0.2) is 0 Å². The number of nitrogens with zero attached hydrogens (tertiary/aromatic N) is 2. The van der Waals surface area contributed by atoms with E-state index in [-0.39, 0.29) is 29.7 Å². The van der Waals surface area contributed by atoms with Crippen LogP contribution in [0.3, 0.4) is 0 Å². The van der Waals surface area contributed by atoms with Gasteiger partial charge < -0.3 is 10.2 Å². The predicted octanol–water partition coefficient (Wildman–Crippen LogP) is 5.70. The molecule has 0 heterocycles. The largest absolute Gasteiger partial charge is 0.357 e. The van der Waals surface area contributed by atoms with Crippen LogP contribution < -0.4 is 9.62 Å². The van der Waals surface area contributed by atoms with Crippen molar-refractivity contribution in [3.8, 4) is 0 Å². The first-order valence-corrected chi connectivity index (χ1v) is 15.8. The number of sulfonamides is 1. The maximum absolute atomic E-state index is 14.4. The fraction of sp³-hybridized carbons (Fsp3) is 0.257. The summed E-state index contributed by atoms with van der Waals surface area (Å²) in [4.78, 5) is 29.3. The van der Waals surface area contributed by atoms with Crippen LogP contribution in [0, 0.1) is 6.92 Å². The van der Waals surface area contributed by atoms with E-state index < -0.39 is 28.5 Å². The van der Waals surface area contributed by atoms with Crippen LogP contribution in [0.2, 0.25) is 0 Å². The van der Waals surface area contributed by atoms with E-state index >= 15 is 0 Å². The van der Waals surface area contributed by atoms with Gasteiger partial charge in [0.2, 0.25) is 11.8 Å². The average Bonchev–Trinajstić information content (AvgIpc) is 3.02. The van der Waals surface area contributed by atoms with E-state index in [9.17, 15) is 18.0 Å². The molecule has 0 aliphatic heterocycles. The lowest BCUT2D eigenvalue weighted by atomic mass is 10.0. The van der Waals surface area contributed by atoms with Crippen molar-refractivity contribution < 1.29 is 18.0 Å². The smallest absolute Gasteiger partial charge is 0.264 e. The minimum atomic E-state index is -4.12. The van der Waals surface area contributed by atoms with Gasteiger partial charge in [-0.3, -0.25) is 13.9 Å². The lowest BCUT2D eigenvalue weighted by molar-refractivity contribution is -0.139. The summed E-state index contributed by atoms with van der Waals surface area (Å²) in [5.41, 5.74) is 4.17. The molecule has 7 nitrogen and oxygen atoms in total. The van der Waals surface area contributed by atoms with Crippen molar-refractivity contribution in [2.75, 3.05) is 17.9 Å². The average molecular weight is 598 g/mol. The molecule has 0 bridgehead atoms. The van der Waals surface area contributed by atoms with Gasteiger partial charge in [-0.1, -0.05) is 104 Å². The Kier molecular flexibility index (Phi) is 10.4. The molecule has 0 fully saturated rings. The quantitative estimate of drug-likeness (QED) is 0.227. The summed E-state index contributed by atoms with van der Waals surface area (Å²) in [5.74, 6) is -0.562. The molecule has 0 aromatic heterocycles. The summed E-state index contributed by atoms with van der Waals surface area (Å²) < 4.78 is 29.2. The molecule has 43 heavy (non-hydrogen) atoms. The molecule has 2 amide bonds. The molecule has 0 aliphatic rings. The molecular formula is C35H39N3O4S. The fourth-order valence-electron chi connectivity index (χ4n) is 5.00. The molecule has 0 spiro atoms. The van der Waals surface area contributed by atoms with Crippen LogP contribution in [0.4, 0.5) is 5.69 Å². The molecule has 0 saturated carbocycles. The minimum absolute atomic E-state index is 0.0770. The molecular weight excluding hydrogens is 558 g/mol. The minimum Gasteiger partial charge on any atom is -0.357 e. The summed E-state index contributed by atoms with van der Waals surface area (Å²) in [6.45, 7) is 5.74. The first kappa shape index (κ1) is 31.5. The number of likely N-dealkylation sites (N-methyl/N-ethyl adjacent to an activating group) is 1. The Morgan fingerprint density at radius 3 is 1.98 bits per heavy atom. The van der Waals surface area contributed by atoms with Crippen molar-refractivity contribution in [2.45, 2.75) is 50.6 Å². The highest BCUT2D eigenvalue weighted by Gasteiger charge is 2.34. The monoisotopic (exact) mass is 597 g/mol. The van der Waals surface area contributed by atoms with Crippen molar-refractivity contribution in [3.63, 3.8) is 0 Å². The van der Waals surface area contributed by atoms with Gasteiger partial charge >= 0.3 is 0 Å². The molecule has 1 N–H and O–H groups in total. The van der Waals surface area contributed by atoms with Gasteiger partial charge in [-0.2, -0.15) is 0 Å². The van der Waals surface area contributed by atoms with Crippen molar-refractivity contribution in [3.05, 3.63) is 131 Å². The standard InChI is InChI=1S/C35H39N3O4S/c1-26(2)30-18-20-31(21-19-30)38(43(41,42)32-16-9-6-10-17-32)25-34(39)37(24-29-15-11-12-27(3)22-29)33(35(40)36-4)23-28-13-7-5-8-14-28/h5-22,26,33H,23-25H2,1-4H3,(H,36,40)/t33-/m1/s1. The number of hydrogen-bond donors (Lipinski definition) is 1. The molecule has 0 unspecified atom stereocenters. The van der Waals surface area contributed by atoms with Crippen molar-refractivity contribution in [1.29, 1.82) is 0 Å². The third kappa shape index (κ3) is 7.90. The fourth-order valence-corrected chi connectivity index (χ4v) is 6.44. The maximum Gasteiger partial charge on any atom is 0.264 e. The second-order valence-corrected chi connectivity index (χ2v) is 12.8. The van der Waals surface area contributed by atoms with E-state index in [0.29, 0.717) is 5.69 Å². The van der Waals surface area contributed by atoms with E-state index in [4.69, 9.17) is 0 Å². The SMILES string of the molecule is CNC(=O)[C@@H](Cc1ccccc1)N(Cc1cccc(C)c1)C(=O)CN(c1ccc(C(C)C)cc1)S(=O)(=O)c1ccccc1. The van der Waals surface area contributed by atoms with Crippen LogP contribution in [0.15, 0.2) is 114 Å². The van der Waals surface area contributed by atoms with Crippen molar-refractivity contribution in [1.82, 2.24) is 10.2 Å². The van der Waals surface area contributed by atoms with Crippen LogP contribution in [0.25, 0.3) is 0 Å². The van der Waals surface area contributed by atoms with Crippen molar-refractivity contribution >= 4 is 27.5 Å². The normalized spacial score (nSPS) is 12.0. The number of benzene rings is 4. The number of rotatable bonds is 12. The number of hydrogen-bond acceptors (Lipinski definition) is 4. The summed E-state index contributed by atoms with van der Waals surface area (Å²) in [5, 5.41) is 2.71. The topological polar surface area (TPSA) is 86.8 Å². The Hall–Kier alpha value is -4.43. The molecule has 4 aromatic carbocycles. The molecule has 224 valence electrons. The number of amides is 2. The summed E-state index contributed by atoms with van der Waals surface area (Å²) in [7, 11) is -2.58. The number of anilines is 1. The zero-order chi connectivity index (χ0) is 31.0. The molecule has 0 radical (unpaired) electrons. The Morgan fingerprint density at radius 1 is 0.791 bits per heavy atom. The molecule has 1 atom stereocenters.